The van der Waals surface area contributed by atoms with E-state index in [1.54, 1.807) is 11.0 Å². The molecule has 4 heteroatoms. The van der Waals surface area contributed by atoms with Crippen molar-refractivity contribution < 1.29 is 4.79 Å². The first-order chi connectivity index (χ1) is 11.3. The molecule has 1 amide bonds. The zero-order valence-electron chi connectivity index (χ0n) is 12.9. The second-order valence-corrected chi connectivity index (χ2v) is 7.96. The molecule has 0 aliphatic carbocycles. The summed E-state index contributed by atoms with van der Waals surface area (Å²) in [5, 5.41) is 0. The van der Waals surface area contributed by atoms with Gasteiger partial charge in [-0.3, -0.25) is 4.79 Å². The Balaban J connectivity index is 1.81. The van der Waals surface area contributed by atoms with E-state index < -0.39 is 0 Å². The second-order valence-electron chi connectivity index (χ2n) is 5.24. The van der Waals surface area contributed by atoms with Gasteiger partial charge in [-0.1, -0.05) is 36.4 Å². The van der Waals surface area contributed by atoms with Gasteiger partial charge in [-0.25, -0.2) is 0 Å². The van der Waals surface area contributed by atoms with Gasteiger partial charge in [0.05, 0.1) is 4.58 Å². The van der Waals surface area contributed by atoms with Crippen LogP contribution in [0.2, 0.25) is 0 Å². The number of anilines is 1. The summed E-state index contributed by atoms with van der Waals surface area (Å²) in [5.41, 5.74) is 2.90. The fourth-order valence-corrected chi connectivity index (χ4v) is 5.39. The lowest BCUT2D eigenvalue weighted by Gasteiger charge is -2.21. The van der Waals surface area contributed by atoms with Crippen LogP contribution in [0.15, 0.2) is 67.3 Å². The lowest BCUT2D eigenvalue weighted by Crippen LogP contribution is -2.30. The van der Waals surface area contributed by atoms with E-state index in [9.17, 15) is 4.79 Å². The number of carbonyl (C=O) groups is 1. The molecule has 0 N–H and O–H groups in total. The quantitative estimate of drug-likeness (QED) is 0.714. The summed E-state index contributed by atoms with van der Waals surface area (Å²) in [6, 6.07) is 17.8. The first-order valence-electron chi connectivity index (χ1n) is 7.60. The molecule has 0 unspecified atom stereocenters. The summed E-state index contributed by atoms with van der Waals surface area (Å²) < 4.78 is 0.512. The topological polar surface area (TPSA) is 20.3 Å². The highest BCUT2D eigenvalue weighted by Crippen LogP contribution is 2.45. The van der Waals surface area contributed by atoms with Crippen LogP contribution >= 0.6 is 23.5 Å². The molecule has 0 bridgehead atoms. The zero-order chi connectivity index (χ0) is 16.1. The molecule has 1 aliphatic rings. The number of para-hydroxylation sites is 1. The lowest BCUT2D eigenvalue weighted by molar-refractivity contribution is 0.0989. The molecule has 1 aliphatic heterocycles. The standard InChI is InChI=1S/C19H19NOS2/c1-2-12-20(17-6-4-3-5-7-17)18(21)15-8-10-16(11-9-15)19-22-13-14-23-19/h2-11,19H,1,12-14H2. The van der Waals surface area contributed by atoms with Gasteiger partial charge in [-0.2, -0.15) is 0 Å². The van der Waals surface area contributed by atoms with Gasteiger partial charge in [0, 0.05) is 29.3 Å². The number of hydrogen-bond donors (Lipinski definition) is 0. The van der Waals surface area contributed by atoms with Crippen molar-refractivity contribution in [1.82, 2.24) is 0 Å². The normalized spacial score (nSPS) is 14.6. The van der Waals surface area contributed by atoms with Gasteiger partial charge in [0.15, 0.2) is 0 Å². The highest BCUT2D eigenvalue weighted by Gasteiger charge is 2.20. The van der Waals surface area contributed by atoms with Gasteiger partial charge in [0.1, 0.15) is 0 Å². The fraction of sp³-hybridized carbons (Fsp3) is 0.211. The summed E-state index contributed by atoms with van der Waals surface area (Å²) in [7, 11) is 0. The van der Waals surface area contributed by atoms with Crippen LogP contribution in [-0.4, -0.2) is 24.0 Å². The second kappa shape index (κ2) is 7.75. The van der Waals surface area contributed by atoms with Gasteiger partial charge in [0.2, 0.25) is 0 Å². The highest BCUT2D eigenvalue weighted by molar-refractivity contribution is 8.19. The maximum atomic E-state index is 12.8. The minimum atomic E-state index is 0.00868. The van der Waals surface area contributed by atoms with E-state index in [0.29, 0.717) is 16.7 Å². The average molecular weight is 342 g/mol. The maximum Gasteiger partial charge on any atom is 0.258 e. The number of hydrogen-bond acceptors (Lipinski definition) is 3. The molecule has 1 fully saturated rings. The van der Waals surface area contributed by atoms with Crippen LogP contribution in [0.4, 0.5) is 5.69 Å². The maximum absolute atomic E-state index is 12.8. The third-order valence-electron chi connectivity index (χ3n) is 3.68. The van der Waals surface area contributed by atoms with Crippen LogP contribution in [0.3, 0.4) is 0 Å². The molecule has 0 saturated carbocycles. The van der Waals surface area contributed by atoms with Crippen LogP contribution in [0, 0.1) is 0 Å². The lowest BCUT2D eigenvalue weighted by atomic mass is 10.1. The van der Waals surface area contributed by atoms with E-state index in [2.05, 4.69) is 18.7 Å². The minimum Gasteiger partial charge on any atom is -0.305 e. The molecule has 118 valence electrons. The molecule has 0 spiro atoms. The molecule has 3 rings (SSSR count). The average Bonchev–Trinajstić information content (AvgIpc) is 3.15. The Hall–Kier alpha value is -1.65. The fourth-order valence-electron chi connectivity index (χ4n) is 2.53. The Morgan fingerprint density at radius 1 is 1.09 bits per heavy atom. The molecule has 23 heavy (non-hydrogen) atoms. The number of thioether (sulfide) groups is 2. The third-order valence-corrected chi connectivity index (χ3v) is 6.78. The van der Waals surface area contributed by atoms with Crippen molar-refractivity contribution in [3.05, 3.63) is 78.4 Å². The highest BCUT2D eigenvalue weighted by atomic mass is 32.2. The summed E-state index contributed by atoms with van der Waals surface area (Å²) in [6.45, 7) is 4.27. The Bertz CT molecular complexity index is 664. The molecule has 2 aromatic carbocycles. The van der Waals surface area contributed by atoms with E-state index in [0.717, 1.165) is 5.69 Å². The third kappa shape index (κ3) is 3.82. The first-order valence-corrected chi connectivity index (χ1v) is 9.70. The van der Waals surface area contributed by atoms with Crippen molar-refractivity contribution in [1.29, 1.82) is 0 Å². The van der Waals surface area contributed by atoms with Crippen molar-refractivity contribution in [2.45, 2.75) is 4.58 Å². The number of carbonyl (C=O) groups excluding carboxylic acids is 1. The molecule has 0 aromatic heterocycles. The van der Waals surface area contributed by atoms with Gasteiger partial charge in [-0.15, -0.1) is 30.1 Å². The van der Waals surface area contributed by atoms with E-state index in [1.807, 2.05) is 66.0 Å². The SMILES string of the molecule is C=CCN(C(=O)c1ccc(C2SCCS2)cc1)c1ccccc1. The molecule has 1 saturated heterocycles. The molecule has 2 nitrogen and oxygen atoms in total. The summed E-state index contributed by atoms with van der Waals surface area (Å²) in [4.78, 5) is 14.6. The molecule has 0 radical (unpaired) electrons. The predicted molar refractivity (Wildman–Crippen MR) is 102 cm³/mol. The monoisotopic (exact) mass is 341 g/mol. The van der Waals surface area contributed by atoms with Crippen molar-refractivity contribution in [2.75, 3.05) is 23.0 Å². The van der Waals surface area contributed by atoms with Crippen LogP contribution in [0.1, 0.15) is 20.5 Å². The summed E-state index contributed by atoms with van der Waals surface area (Å²) in [6.07, 6.45) is 1.76. The van der Waals surface area contributed by atoms with Crippen LogP contribution in [0.25, 0.3) is 0 Å². The molecule has 0 atom stereocenters. The zero-order valence-corrected chi connectivity index (χ0v) is 14.5. The van der Waals surface area contributed by atoms with Gasteiger partial charge in [-0.05, 0) is 29.8 Å². The van der Waals surface area contributed by atoms with Crippen LogP contribution < -0.4 is 4.90 Å². The van der Waals surface area contributed by atoms with E-state index in [4.69, 9.17) is 0 Å². The van der Waals surface area contributed by atoms with E-state index >= 15 is 0 Å². The summed E-state index contributed by atoms with van der Waals surface area (Å²) in [5.74, 6) is 2.42. The van der Waals surface area contributed by atoms with Gasteiger partial charge < -0.3 is 4.90 Å². The Labute approximate surface area is 146 Å². The Kier molecular flexibility index (Phi) is 5.47. The van der Waals surface area contributed by atoms with Gasteiger partial charge in [0.25, 0.3) is 5.91 Å². The molecule has 1 heterocycles. The number of rotatable bonds is 5. The summed E-state index contributed by atoms with van der Waals surface area (Å²) >= 11 is 3.95. The largest absolute Gasteiger partial charge is 0.305 e. The number of benzene rings is 2. The Morgan fingerprint density at radius 2 is 1.74 bits per heavy atom. The number of nitrogens with zero attached hydrogens (tertiary/aromatic N) is 1. The molecular formula is C19H19NOS2. The van der Waals surface area contributed by atoms with Crippen molar-refractivity contribution in [2.24, 2.45) is 0 Å². The Morgan fingerprint density at radius 3 is 2.35 bits per heavy atom. The van der Waals surface area contributed by atoms with E-state index in [1.165, 1.54) is 17.1 Å². The predicted octanol–water partition coefficient (Wildman–Crippen LogP) is 5.00. The number of amides is 1. The van der Waals surface area contributed by atoms with Crippen LogP contribution in [0.5, 0.6) is 0 Å². The van der Waals surface area contributed by atoms with Crippen molar-refractivity contribution >= 4 is 35.1 Å². The van der Waals surface area contributed by atoms with Gasteiger partial charge >= 0.3 is 0 Å². The van der Waals surface area contributed by atoms with Crippen molar-refractivity contribution in [3.63, 3.8) is 0 Å². The molecule has 2 aromatic rings. The van der Waals surface area contributed by atoms with Crippen LogP contribution in [-0.2, 0) is 0 Å². The smallest absolute Gasteiger partial charge is 0.258 e. The minimum absolute atomic E-state index is 0.00868. The van der Waals surface area contributed by atoms with Crippen molar-refractivity contribution in [3.8, 4) is 0 Å². The molecular weight excluding hydrogens is 322 g/mol. The first kappa shape index (κ1) is 16.2. The van der Waals surface area contributed by atoms with E-state index in [-0.39, 0.29) is 5.91 Å².